The molecule has 48 heavy (non-hydrogen) atoms. The number of aryl methyl sites for hydroxylation is 2. The number of carbonyl (C=O) groups is 4. The van der Waals surface area contributed by atoms with E-state index >= 15 is 0 Å². The molecule has 256 valence electrons. The number of aliphatic hydroxyl groups is 1. The Labute approximate surface area is 283 Å². The molecule has 3 fully saturated rings. The van der Waals surface area contributed by atoms with Gasteiger partial charge in [0.25, 0.3) is 5.91 Å². The highest BCUT2D eigenvalue weighted by Gasteiger charge is 2.75. The van der Waals surface area contributed by atoms with E-state index in [2.05, 4.69) is 13.2 Å². The zero-order valence-corrected chi connectivity index (χ0v) is 28.3. The van der Waals surface area contributed by atoms with Gasteiger partial charge in [-0.05, 0) is 56.7 Å². The Morgan fingerprint density at radius 3 is 2.42 bits per heavy atom. The van der Waals surface area contributed by atoms with E-state index < -0.39 is 53.6 Å². The lowest BCUT2D eigenvalue weighted by molar-refractivity contribution is -0.164. The lowest BCUT2D eigenvalue weighted by Gasteiger charge is -2.37. The van der Waals surface area contributed by atoms with Crippen LogP contribution in [0.5, 0.6) is 0 Å². The van der Waals surface area contributed by atoms with Gasteiger partial charge in [0.1, 0.15) is 17.7 Å². The minimum Gasteiger partial charge on any atom is -0.455 e. The Hall–Kier alpha value is -4.28. The van der Waals surface area contributed by atoms with Gasteiger partial charge in [0.2, 0.25) is 11.8 Å². The van der Waals surface area contributed by atoms with Crippen molar-refractivity contribution in [2.75, 3.05) is 31.6 Å². The number of likely N-dealkylation sites (N-methyl/N-ethyl adjacent to an activating group) is 1. The Bertz CT molecular complexity index is 1540. The fraction of sp³-hybridized carbons (Fsp3) is 0.474. The van der Waals surface area contributed by atoms with Crippen LogP contribution in [0.3, 0.4) is 0 Å². The second kappa shape index (κ2) is 14.5. The number of para-hydroxylation sites is 1. The molecule has 0 unspecified atom stereocenters. The summed E-state index contributed by atoms with van der Waals surface area (Å²) in [5.74, 6) is -3.40. The van der Waals surface area contributed by atoms with Crippen molar-refractivity contribution in [2.45, 2.75) is 76.3 Å². The number of anilines is 1. The van der Waals surface area contributed by atoms with Gasteiger partial charge < -0.3 is 29.3 Å². The molecule has 2 aromatic carbocycles. The summed E-state index contributed by atoms with van der Waals surface area (Å²) in [7, 11) is 1.68. The number of ether oxygens (including phenoxy) is 2. The summed E-state index contributed by atoms with van der Waals surface area (Å²) < 4.78 is 12.9. The molecule has 0 aliphatic carbocycles. The third-order valence-corrected chi connectivity index (χ3v) is 10.3. The standard InChI is InChI=1S/C38H47N3O7/c1-7-9-18-29(43)39(6)26(5)33(27-16-11-10-12-17-27)47-37(46)30-28-19-20-38(48-28)31(30)35(44)41(22-23-42)34(38)36(45)40(21-8-2)32-24(3)14-13-15-25(32)4/h7-8,10-17,26,28,30-31,33-34,42H,1-2,9,18-23H2,3-6H3/t26-,28+,30-,31-,33+,34+,38-/m0/s1. The van der Waals surface area contributed by atoms with Gasteiger partial charge in [0, 0.05) is 32.2 Å². The number of allylic oxidation sites excluding steroid dienone is 1. The average Bonchev–Trinajstić information content (AvgIpc) is 3.72. The molecule has 3 heterocycles. The smallest absolute Gasteiger partial charge is 0.313 e. The number of benzene rings is 2. The van der Waals surface area contributed by atoms with E-state index in [1.54, 1.807) is 29.0 Å². The first-order valence-electron chi connectivity index (χ1n) is 16.7. The van der Waals surface area contributed by atoms with Crippen LogP contribution < -0.4 is 4.90 Å². The van der Waals surface area contributed by atoms with Gasteiger partial charge in [0.05, 0.1) is 30.6 Å². The molecule has 3 aliphatic rings. The Morgan fingerprint density at radius 1 is 1.10 bits per heavy atom. The molecule has 2 bridgehead atoms. The van der Waals surface area contributed by atoms with Crippen LogP contribution in [0.1, 0.15) is 55.4 Å². The molecular weight excluding hydrogens is 610 g/mol. The van der Waals surface area contributed by atoms with Crippen LogP contribution in [-0.2, 0) is 28.7 Å². The summed E-state index contributed by atoms with van der Waals surface area (Å²) in [6, 6.07) is 13.4. The van der Waals surface area contributed by atoms with E-state index in [0.717, 1.165) is 16.8 Å². The molecule has 5 rings (SSSR count). The topological polar surface area (TPSA) is 117 Å². The number of likely N-dealkylation sites (tertiary alicyclic amines) is 1. The highest BCUT2D eigenvalue weighted by Crippen LogP contribution is 2.59. The number of β-amino-alcohol motifs (C(OH)–C–C–N with tert-alkyl or cyclic N) is 1. The fourth-order valence-electron chi connectivity index (χ4n) is 7.97. The predicted octanol–water partition coefficient (Wildman–Crippen LogP) is 4.29. The second-order valence-electron chi connectivity index (χ2n) is 13.1. The van der Waals surface area contributed by atoms with E-state index in [9.17, 15) is 24.3 Å². The molecule has 1 spiro atoms. The van der Waals surface area contributed by atoms with E-state index in [-0.39, 0.29) is 37.9 Å². The molecule has 0 radical (unpaired) electrons. The van der Waals surface area contributed by atoms with Crippen LogP contribution in [0, 0.1) is 25.7 Å². The number of hydrogen-bond acceptors (Lipinski definition) is 7. The zero-order chi connectivity index (χ0) is 34.7. The first-order valence-corrected chi connectivity index (χ1v) is 16.7. The Balaban J connectivity index is 1.49. The van der Waals surface area contributed by atoms with Gasteiger partial charge >= 0.3 is 5.97 Å². The molecule has 10 heteroatoms. The highest BCUT2D eigenvalue weighted by molar-refractivity contribution is 6.05. The molecular formula is C38H47N3O7. The number of hydrogen-bond donors (Lipinski definition) is 1. The number of fused-ring (bicyclic) bond motifs is 1. The third kappa shape index (κ3) is 6.07. The van der Waals surface area contributed by atoms with Crippen molar-refractivity contribution in [2.24, 2.45) is 11.8 Å². The summed E-state index contributed by atoms with van der Waals surface area (Å²) in [5.41, 5.74) is 1.96. The quantitative estimate of drug-likeness (QED) is 0.238. The van der Waals surface area contributed by atoms with Crippen molar-refractivity contribution < 1.29 is 33.8 Å². The van der Waals surface area contributed by atoms with Gasteiger partial charge in [-0.2, -0.15) is 0 Å². The van der Waals surface area contributed by atoms with Crippen molar-refractivity contribution >= 4 is 29.4 Å². The molecule has 2 aromatic rings. The SMILES string of the molecule is C=CCCC(=O)N(C)[C@@H](C)[C@@H](OC(=O)[C@@H]1[C@H]2C(=O)N(CCO)[C@H](C(=O)N(CC=C)c3c(C)cccc3C)[C@]23CC[C@H]1O3)c1ccccc1. The Kier molecular flexibility index (Phi) is 10.6. The minimum absolute atomic E-state index is 0.0841. The maximum atomic E-state index is 14.7. The maximum Gasteiger partial charge on any atom is 0.313 e. The number of aliphatic hydroxyl groups excluding tert-OH is 1. The first kappa shape index (κ1) is 35.0. The minimum atomic E-state index is -1.26. The monoisotopic (exact) mass is 657 g/mol. The van der Waals surface area contributed by atoms with E-state index in [4.69, 9.17) is 9.47 Å². The molecule has 7 atom stereocenters. The van der Waals surface area contributed by atoms with Crippen LogP contribution in [0.15, 0.2) is 73.8 Å². The molecule has 3 amide bonds. The van der Waals surface area contributed by atoms with Gasteiger partial charge in [0.15, 0.2) is 0 Å². The van der Waals surface area contributed by atoms with Gasteiger partial charge in [-0.1, -0.05) is 60.7 Å². The number of esters is 1. The summed E-state index contributed by atoms with van der Waals surface area (Å²) >= 11 is 0. The van der Waals surface area contributed by atoms with Crippen molar-refractivity contribution in [3.63, 3.8) is 0 Å². The summed E-state index contributed by atoms with van der Waals surface area (Å²) in [6.07, 6.45) is 3.57. The molecule has 10 nitrogen and oxygen atoms in total. The molecule has 0 saturated carbocycles. The van der Waals surface area contributed by atoms with Crippen molar-refractivity contribution in [1.82, 2.24) is 9.80 Å². The first-order chi connectivity index (χ1) is 23.0. The van der Waals surface area contributed by atoms with Crippen molar-refractivity contribution in [1.29, 1.82) is 0 Å². The zero-order valence-electron chi connectivity index (χ0n) is 28.3. The Morgan fingerprint density at radius 2 is 1.79 bits per heavy atom. The summed E-state index contributed by atoms with van der Waals surface area (Å²) in [4.78, 5) is 60.9. The van der Waals surface area contributed by atoms with Crippen LogP contribution in [-0.4, -0.2) is 89.1 Å². The van der Waals surface area contributed by atoms with Gasteiger partial charge in [-0.3, -0.25) is 19.2 Å². The van der Waals surface area contributed by atoms with Crippen LogP contribution >= 0.6 is 0 Å². The van der Waals surface area contributed by atoms with Crippen LogP contribution in [0.4, 0.5) is 5.69 Å². The number of rotatable bonds is 14. The molecule has 3 aliphatic heterocycles. The van der Waals surface area contributed by atoms with Crippen LogP contribution in [0.2, 0.25) is 0 Å². The lowest BCUT2D eigenvalue weighted by Crippen LogP contribution is -2.57. The number of amides is 3. The number of nitrogens with zero attached hydrogens (tertiary/aromatic N) is 3. The largest absolute Gasteiger partial charge is 0.455 e. The normalized spacial score (nSPS) is 25.3. The average molecular weight is 658 g/mol. The third-order valence-electron chi connectivity index (χ3n) is 10.3. The summed E-state index contributed by atoms with van der Waals surface area (Å²) in [6.45, 7) is 13.0. The molecule has 1 N–H and O–H groups in total. The highest BCUT2D eigenvalue weighted by atomic mass is 16.6. The molecule has 0 aromatic heterocycles. The van der Waals surface area contributed by atoms with E-state index in [1.807, 2.05) is 69.3 Å². The fourth-order valence-corrected chi connectivity index (χ4v) is 7.97. The van der Waals surface area contributed by atoms with Crippen LogP contribution in [0.25, 0.3) is 0 Å². The van der Waals surface area contributed by atoms with Crippen molar-refractivity contribution in [3.05, 3.63) is 90.5 Å². The van der Waals surface area contributed by atoms with Crippen molar-refractivity contribution in [3.8, 4) is 0 Å². The van der Waals surface area contributed by atoms with E-state index in [1.165, 1.54) is 4.90 Å². The number of carbonyl (C=O) groups excluding carboxylic acids is 4. The summed E-state index contributed by atoms with van der Waals surface area (Å²) in [5, 5.41) is 10.0. The van der Waals surface area contributed by atoms with E-state index in [0.29, 0.717) is 24.8 Å². The predicted molar refractivity (Wildman–Crippen MR) is 182 cm³/mol. The second-order valence-corrected chi connectivity index (χ2v) is 13.1. The lowest BCUT2D eigenvalue weighted by atomic mass is 9.70. The molecule has 3 saturated heterocycles. The maximum absolute atomic E-state index is 14.7. The van der Waals surface area contributed by atoms with Gasteiger partial charge in [-0.25, -0.2) is 0 Å². The van der Waals surface area contributed by atoms with Gasteiger partial charge in [-0.15, -0.1) is 13.2 Å².